The van der Waals surface area contributed by atoms with E-state index in [0.29, 0.717) is 11.5 Å². The molecule has 5 nitrogen and oxygen atoms in total. The van der Waals surface area contributed by atoms with Crippen molar-refractivity contribution >= 4 is 16.4 Å². The van der Waals surface area contributed by atoms with Gasteiger partial charge in [0.2, 0.25) is 0 Å². The number of benzene rings is 2. The molecule has 0 saturated heterocycles. The Morgan fingerprint density at radius 3 is 2.71 bits per heavy atom. The molecule has 0 N–H and O–H groups in total. The molecular weight excluding hydrogens is 350 g/mol. The van der Waals surface area contributed by atoms with Crippen LogP contribution in [0.3, 0.4) is 0 Å². The molecule has 0 aliphatic heterocycles. The second-order valence-electron chi connectivity index (χ2n) is 6.43. The van der Waals surface area contributed by atoms with Gasteiger partial charge in [0.15, 0.2) is 5.75 Å². The van der Waals surface area contributed by atoms with Crippen molar-refractivity contribution < 1.29 is 9.47 Å². The summed E-state index contributed by atoms with van der Waals surface area (Å²) in [5.74, 6) is 2.15. The Morgan fingerprint density at radius 2 is 1.79 bits per heavy atom. The molecule has 3 heterocycles. The normalized spacial score (nSPS) is 11.0. The van der Waals surface area contributed by atoms with E-state index in [2.05, 4.69) is 32.6 Å². The summed E-state index contributed by atoms with van der Waals surface area (Å²) in [6.07, 6.45) is 7.48. The minimum atomic E-state index is 0.696. The van der Waals surface area contributed by atoms with Crippen LogP contribution >= 0.6 is 0 Å². The van der Waals surface area contributed by atoms with E-state index in [-0.39, 0.29) is 0 Å². The van der Waals surface area contributed by atoms with Gasteiger partial charge in [-0.25, -0.2) is 4.98 Å². The van der Waals surface area contributed by atoms with Crippen molar-refractivity contribution in [3.8, 4) is 28.5 Å². The molecule has 5 rings (SSSR count). The number of imidazole rings is 1. The van der Waals surface area contributed by atoms with Crippen LogP contribution in [0.4, 0.5) is 0 Å². The lowest BCUT2D eigenvalue weighted by molar-refractivity contribution is 0.409. The van der Waals surface area contributed by atoms with Crippen LogP contribution < -0.4 is 9.47 Å². The van der Waals surface area contributed by atoms with Crippen molar-refractivity contribution in [2.75, 3.05) is 7.11 Å². The van der Waals surface area contributed by atoms with E-state index in [1.54, 1.807) is 13.3 Å². The number of methoxy groups -OCH3 is 1. The van der Waals surface area contributed by atoms with Gasteiger partial charge in [-0.2, -0.15) is 0 Å². The highest BCUT2D eigenvalue weighted by molar-refractivity contribution is 5.91. The predicted octanol–water partition coefficient (Wildman–Crippen LogP) is 5.35. The SMILES string of the molecule is COc1cccc(Oc2cncc3ccc(-c4cnc5ccccn45)cc23)c1. The summed E-state index contributed by atoms with van der Waals surface area (Å²) in [5.41, 5.74) is 3.01. The summed E-state index contributed by atoms with van der Waals surface area (Å²) < 4.78 is 13.5. The number of hydrogen-bond donors (Lipinski definition) is 0. The lowest BCUT2D eigenvalue weighted by Crippen LogP contribution is -1.91. The molecule has 3 aromatic heterocycles. The first-order valence-electron chi connectivity index (χ1n) is 8.94. The van der Waals surface area contributed by atoms with E-state index in [1.807, 2.05) is 61.1 Å². The quantitative estimate of drug-likeness (QED) is 0.430. The fourth-order valence-corrected chi connectivity index (χ4v) is 3.32. The number of aromatic nitrogens is 3. The van der Waals surface area contributed by atoms with E-state index < -0.39 is 0 Å². The van der Waals surface area contributed by atoms with Gasteiger partial charge in [0, 0.05) is 34.8 Å². The first-order valence-corrected chi connectivity index (χ1v) is 8.94. The summed E-state index contributed by atoms with van der Waals surface area (Å²) >= 11 is 0. The average molecular weight is 367 g/mol. The zero-order chi connectivity index (χ0) is 18.9. The molecule has 5 heteroatoms. The zero-order valence-electron chi connectivity index (χ0n) is 15.2. The smallest absolute Gasteiger partial charge is 0.153 e. The van der Waals surface area contributed by atoms with Gasteiger partial charge in [-0.1, -0.05) is 24.3 Å². The van der Waals surface area contributed by atoms with E-state index in [9.17, 15) is 0 Å². The van der Waals surface area contributed by atoms with Gasteiger partial charge in [-0.3, -0.25) is 9.38 Å². The standard InChI is InChI=1S/C23H17N3O2/c1-27-18-5-4-6-19(12-18)28-22-15-24-13-17-9-8-16(11-20(17)22)21-14-25-23-7-2-3-10-26(21)23/h2-15H,1H3. The van der Waals surface area contributed by atoms with Crippen molar-refractivity contribution in [2.45, 2.75) is 0 Å². The topological polar surface area (TPSA) is 48.7 Å². The van der Waals surface area contributed by atoms with Crippen molar-refractivity contribution in [1.82, 2.24) is 14.4 Å². The van der Waals surface area contributed by atoms with Gasteiger partial charge in [0.1, 0.15) is 17.1 Å². The van der Waals surface area contributed by atoms with Crippen LogP contribution in [-0.4, -0.2) is 21.5 Å². The molecule has 0 aliphatic carbocycles. The highest BCUT2D eigenvalue weighted by atomic mass is 16.5. The summed E-state index contributed by atoms with van der Waals surface area (Å²) in [5, 5.41) is 2.00. The molecule has 136 valence electrons. The summed E-state index contributed by atoms with van der Waals surface area (Å²) in [6.45, 7) is 0. The van der Waals surface area contributed by atoms with Crippen molar-refractivity contribution in [3.05, 3.63) is 85.5 Å². The van der Waals surface area contributed by atoms with Gasteiger partial charge < -0.3 is 9.47 Å². The average Bonchev–Trinajstić information content (AvgIpc) is 3.18. The van der Waals surface area contributed by atoms with E-state index >= 15 is 0 Å². The van der Waals surface area contributed by atoms with Crippen LogP contribution in [0, 0.1) is 0 Å². The van der Waals surface area contributed by atoms with E-state index in [1.165, 1.54) is 0 Å². The molecule has 0 spiro atoms. The van der Waals surface area contributed by atoms with Gasteiger partial charge in [-0.05, 0) is 30.3 Å². The van der Waals surface area contributed by atoms with Crippen LogP contribution in [0.2, 0.25) is 0 Å². The molecule has 0 atom stereocenters. The third-order valence-corrected chi connectivity index (χ3v) is 4.71. The molecule has 0 amide bonds. The summed E-state index contributed by atoms with van der Waals surface area (Å²) in [7, 11) is 1.64. The Balaban J connectivity index is 1.62. The predicted molar refractivity (Wildman–Crippen MR) is 109 cm³/mol. The lowest BCUT2D eigenvalue weighted by Gasteiger charge is -2.11. The Bertz CT molecular complexity index is 1290. The van der Waals surface area contributed by atoms with E-state index in [0.717, 1.165) is 33.4 Å². The van der Waals surface area contributed by atoms with Crippen LogP contribution in [-0.2, 0) is 0 Å². The molecule has 0 fully saturated rings. The van der Waals surface area contributed by atoms with Crippen molar-refractivity contribution in [3.63, 3.8) is 0 Å². The third kappa shape index (κ3) is 2.83. The highest BCUT2D eigenvalue weighted by Crippen LogP contribution is 2.33. The maximum Gasteiger partial charge on any atom is 0.153 e. The Morgan fingerprint density at radius 1 is 0.857 bits per heavy atom. The molecule has 28 heavy (non-hydrogen) atoms. The van der Waals surface area contributed by atoms with Crippen molar-refractivity contribution in [2.24, 2.45) is 0 Å². The van der Waals surface area contributed by atoms with Gasteiger partial charge in [0.05, 0.1) is 25.2 Å². The van der Waals surface area contributed by atoms with Gasteiger partial charge in [0.25, 0.3) is 0 Å². The number of ether oxygens (including phenoxy) is 2. The molecular formula is C23H17N3O2. The van der Waals surface area contributed by atoms with Gasteiger partial charge in [-0.15, -0.1) is 0 Å². The molecule has 0 aliphatic rings. The monoisotopic (exact) mass is 367 g/mol. The van der Waals surface area contributed by atoms with Crippen LogP contribution in [0.5, 0.6) is 17.2 Å². The number of rotatable bonds is 4. The molecule has 0 unspecified atom stereocenters. The van der Waals surface area contributed by atoms with Crippen LogP contribution in [0.1, 0.15) is 0 Å². The number of hydrogen-bond acceptors (Lipinski definition) is 4. The van der Waals surface area contributed by atoms with Gasteiger partial charge >= 0.3 is 0 Å². The number of nitrogens with zero attached hydrogens (tertiary/aromatic N) is 3. The second-order valence-corrected chi connectivity index (χ2v) is 6.43. The summed E-state index contributed by atoms with van der Waals surface area (Å²) in [4.78, 5) is 8.81. The van der Waals surface area contributed by atoms with Crippen LogP contribution in [0.25, 0.3) is 27.7 Å². The molecule has 0 bridgehead atoms. The second kappa shape index (κ2) is 6.70. The maximum absolute atomic E-state index is 6.13. The van der Waals surface area contributed by atoms with Crippen molar-refractivity contribution in [1.29, 1.82) is 0 Å². The Hall–Kier alpha value is -3.86. The highest BCUT2D eigenvalue weighted by Gasteiger charge is 2.10. The third-order valence-electron chi connectivity index (χ3n) is 4.71. The first kappa shape index (κ1) is 16.3. The Labute approximate surface area is 161 Å². The largest absolute Gasteiger partial charge is 0.497 e. The summed E-state index contributed by atoms with van der Waals surface area (Å²) in [6, 6.07) is 19.8. The molecule has 5 aromatic rings. The zero-order valence-corrected chi connectivity index (χ0v) is 15.2. The Kier molecular flexibility index (Phi) is 3.91. The number of pyridine rings is 2. The lowest BCUT2D eigenvalue weighted by atomic mass is 10.1. The first-order chi connectivity index (χ1) is 13.8. The fourth-order valence-electron chi connectivity index (χ4n) is 3.32. The number of fused-ring (bicyclic) bond motifs is 2. The van der Waals surface area contributed by atoms with E-state index in [4.69, 9.17) is 9.47 Å². The maximum atomic E-state index is 6.13. The molecule has 0 saturated carbocycles. The fraction of sp³-hybridized carbons (Fsp3) is 0.0435. The van der Waals surface area contributed by atoms with Crippen LogP contribution in [0.15, 0.2) is 85.5 Å². The molecule has 2 aromatic carbocycles. The molecule has 0 radical (unpaired) electrons. The minimum absolute atomic E-state index is 0.696. The minimum Gasteiger partial charge on any atom is -0.497 e.